The van der Waals surface area contributed by atoms with Gasteiger partial charge in [0.2, 0.25) is 0 Å². The van der Waals surface area contributed by atoms with Crippen molar-refractivity contribution in [3.63, 3.8) is 0 Å². The van der Waals surface area contributed by atoms with Gasteiger partial charge in [-0.25, -0.2) is 9.98 Å². The van der Waals surface area contributed by atoms with Crippen molar-refractivity contribution in [3.8, 4) is 0 Å². The predicted octanol–water partition coefficient (Wildman–Crippen LogP) is 9.28. The molecule has 0 atom stereocenters. The Morgan fingerprint density at radius 1 is 0.462 bits per heavy atom. The summed E-state index contributed by atoms with van der Waals surface area (Å²) >= 11 is 0. The SMILES string of the molecule is CC.CCc1ccccc1.CN=C=NC.COC.COC.c1ccccc1.c1ccccc1.c1ccccc1. The summed E-state index contributed by atoms with van der Waals surface area (Å²) < 4.78 is 8.50. The molecular weight excluding hydrogens is 480 g/mol. The summed E-state index contributed by atoms with van der Waals surface area (Å²) in [5.41, 5.74) is 1.41. The normalized spacial score (nSPS) is 7.31. The number of benzene rings is 4. The maximum atomic E-state index is 4.25. The van der Waals surface area contributed by atoms with Crippen molar-refractivity contribution in [2.75, 3.05) is 42.5 Å². The van der Waals surface area contributed by atoms with Gasteiger partial charge in [0.25, 0.3) is 0 Å². The second-order valence-corrected chi connectivity index (χ2v) is 6.67. The van der Waals surface area contributed by atoms with Gasteiger partial charge in [-0.1, -0.05) is 160 Å². The number of rotatable bonds is 1. The van der Waals surface area contributed by atoms with Crippen molar-refractivity contribution < 1.29 is 9.47 Å². The Bertz CT molecular complexity index is 735. The van der Waals surface area contributed by atoms with Crippen LogP contribution in [0.15, 0.2) is 150 Å². The van der Waals surface area contributed by atoms with E-state index in [1.807, 2.05) is 129 Å². The van der Waals surface area contributed by atoms with E-state index in [1.54, 1.807) is 42.5 Å². The van der Waals surface area contributed by atoms with E-state index >= 15 is 0 Å². The van der Waals surface area contributed by atoms with Crippen LogP contribution in [0.25, 0.3) is 0 Å². The Kier molecular flexibility index (Phi) is 51.4. The van der Waals surface area contributed by atoms with Gasteiger partial charge in [0.15, 0.2) is 0 Å². The summed E-state index contributed by atoms with van der Waals surface area (Å²) in [4.78, 5) is 6.88. The fourth-order valence-electron chi connectivity index (χ4n) is 1.97. The second-order valence-electron chi connectivity index (χ2n) is 6.67. The van der Waals surface area contributed by atoms with E-state index in [1.165, 1.54) is 5.56 Å². The average Bonchev–Trinajstić information content (AvgIpc) is 3.04. The molecule has 0 fully saturated rings. The van der Waals surface area contributed by atoms with Crippen LogP contribution in [-0.4, -0.2) is 48.5 Å². The third-order valence-electron chi connectivity index (χ3n) is 3.45. The molecule has 0 radical (unpaired) electrons. The van der Waals surface area contributed by atoms with Crippen LogP contribution in [-0.2, 0) is 15.9 Å². The quantitative estimate of drug-likeness (QED) is 0.229. The Labute approximate surface area is 240 Å². The van der Waals surface area contributed by atoms with Crippen LogP contribution in [0.2, 0.25) is 0 Å². The number of hydrogen-bond donors (Lipinski definition) is 0. The number of aryl methyl sites for hydroxylation is 1. The molecule has 0 aliphatic rings. The van der Waals surface area contributed by atoms with Crippen molar-refractivity contribution in [2.24, 2.45) is 9.98 Å². The molecule has 4 rings (SSSR count). The molecule has 0 heterocycles. The first-order valence-electron chi connectivity index (χ1n) is 12.9. The summed E-state index contributed by atoms with van der Waals surface area (Å²) in [7, 11) is 9.76. The third kappa shape index (κ3) is 51.6. The van der Waals surface area contributed by atoms with Crippen LogP contribution in [0.4, 0.5) is 0 Å². The highest BCUT2D eigenvalue weighted by Gasteiger charge is 1.80. The minimum atomic E-state index is 1.14. The third-order valence-corrected chi connectivity index (χ3v) is 3.45. The van der Waals surface area contributed by atoms with Gasteiger partial charge in [0.1, 0.15) is 0 Å². The van der Waals surface area contributed by atoms with E-state index in [2.05, 4.69) is 56.7 Å². The van der Waals surface area contributed by atoms with Crippen LogP contribution >= 0.6 is 0 Å². The highest BCUT2D eigenvalue weighted by molar-refractivity contribution is 5.39. The molecule has 39 heavy (non-hydrogen) atoms. The van der Waals surface area contributed by atoms with E-state index in [4.69, 9.17) is 0 Å². The highest BCUT2D eigenvalue weighted by atomic mass is 16.5. The summed E-state index contributed by atoms with van der Waals surface area (Å²) in [5, 5.41) is 0. The maximum absolute atomic E-state index is 4.25. The zero-order chi connectivity index (χ0) is 30.1. The van der Waals surface area contributed by atoms with Crippen LogP contribution in [0.3, 0.4) is 0 Å². The van der Waals surface area contributed by atoms with Gasteiger partial charge in [-0.15, -0.1) is 0 Å². The standard InChI is InChI=1S/C8H10.3C6H6.C3H6N2.2C2H6O.C2H6/c1-2-8-6-4-3-5-7-8;3*1-2-4-6-5-3-1;1-4-3-5-2;2*1-3-2;1-2/h3-7H,2H2,1H3;3*1-6H;1-2H3;2*1-2H3;1-2H3. The van der Waals surface area contributed by atoms with E-state index in [-0.39, 0.29) is 0 Å². The second kappa shape index (κ2) is 47.4. The van der Waals surface area contributed by atoms with Gasteiger partial charge in [0, 0.05) is 42.5 Å². The topological polar surface area (TPSA) is 43.2 Å². The molecule has 0 aliphatic heterocycles. The summed E-state index contributed by atoms with van der Waals surface area (Å²) in [5.74, 6) is 0. The van der Waals surface area contributed by atoms with Crippen LogP contribution in [0.5, 0.6) is 0 Å². The molecule has 4 aromatic carbocycles. The van der Waals surface area contributed by atoms with E-state index in [9.17, 15) is 0 Å². The number of hydrogen-bond acceptors (Lipinski definition) is 4. The van der Waals surface area contributed by atoms with Crippen molar-refractivity contribution in [2.45, 2.75) is 27.2 Å². The van der Waals surface area contributed by atoms with Gasteiger partial charge in [-0.2, -0.15) is 0 Å². The van der Waals surface area contributed by atoms with Crippen LogP contribution in [0.1, 0.15) is 26.3 Å². The molecule has 0 aromatic heterocycles. The largest absolute Gasteiger partial charge is 0.388 e. The van der Waals surface area contributed by atoms with E-state index in [0.717, 1.165) is 6.42 Å². The van der Waals surface area contributed by atoms with E-state index in [0.29, 0.717) is 0 Å². The zero-order valence-corrected chi connectivity index (χ0v) is 25.7. The maximum Gasteiger partial charge on any atom is 0.0886 e. The number of methoxy groups -OCH3 is 2. The summed E-state index contributed by atoms with van der Waals surface area (Å²) in [6.07, 6.45) is 1.14. The lowest BCUT2D eigenvalue weighted by molar-refractivity contribution is 0.277. The molecule has 0 saturated heterocycles. The fraction of sp³-hybridized carbons (Fsp3) is 0.286. The Morgan fingerprint density at radius 3 is 0.744 bits per heavy atom. The van der Waals surface area contributed by atoms with Gasteiger partial charge in [-0.05, 0) is 12.0 Å². The fourth-order valence-corrected chi connectivity index (χ4v) is 1.97. The van der Waals surface area contributed by atoms with E-state index < -0.39 is 0 Å². The van der Waals surface area contributed by atoms with Crippen molar-refractivity contribution in [1.29, 1.82) is 0 Å². The molecule has 0 aliphatic carbocycles. The Hall–Kier alpha value is -3.82. The number of aliphatic imine (C=N–C) groups is 2. The van der Waals surface area contributed by atoms with Gasteiger partial charge in [-0.3, -0.25) is 0 Å². The molecule has 4 heteroatoms. The number of ether oxygens (including phenoxy) is 2. The lowest BCUT2D eigenvalue weighted by Crippen LogP contribution is -1.73. The molecule has 4 nitrogen and oxygen atoms in total. The monoisotopic (exact) mass is 532 g/mol. The molecule has 0 bridgehead atoms. The van der Waals surface area contributed by atoms with Crippen molar-refractivity contribution in [3.05, 3.63) is 145 Å². The van der Waals surface area contributed by atoms with Gasteiger partial charge >= 0.3 is 0 Å². The lowest BCUT2D eigenvalue weighted by Gasteiger charge is -1.89. The molecule has 0 N–H and O–H groups in total. The molecule has 4 aromatic rings. The van der Waals surface area contributed by atoms with Gasteiger partial charge < -0.3 is 9.47 Å². The molecular formula is C35H52N2O2. The minimum Gasteiger partial charge on any atom is -0.388 e. The van der Waals surface area contributed by atoms with Crippen LogP contribution in [0, 0.1) is 0 Å². The van der Waals surface area contributed by atoms with Crippen molar-refractivity contribution in [1.82, 2.24) is 0 Å². The van der Waals surface area contributed by atoms with Crippen molar-refractivity contribution >= 4 is 6.01 Å². The molecule has 0 amide bonds. The molecule has 0 unspecified atom stereocenters. The number of nitrogens with zero attached hydrogens (tertiary/aromatic N) is 2. The summed E-state index contributed by atoms with van der Waals surface area (Å²) in [6, 6.07) is 48.8. The highest BCUT2D eigenvalue weighted by Crippen LogP contribution is 1.96. The molecule has 214 valence electrons. The molecule has 0 saturated carbocycles. The van der Waals surface area contributed by atoms with Gasteiger partial charge in [0.05, 0.1) is 6.01 Å². The molecule has 0 spiro atoms. The van der Waals surface area contributed by atoms with Crippen LogP contribution < -0.4 is 0 Å². The average molecular weight is 533 g/mol. The first-order valence-corrected chi connectivity index (χ1v) is 12.9. The Balaban J connectivity index is -0.000000185. The smallest absolute Gasteiger partial charge is 0.0886 e. The first kappa shape index (κ1) is 42.3. The first-order chi connectivity index (χ1) is 19.2. The summed E-state index contributed by atoms with van der Waals surface area (Å²) in [6.45, 7) is 6.16. The predicted molar refractivity (Wildman–Crippen MR) is 174 cm³/mol. The zero-order valence-electron chi connectivity index (χ0n) is 25.7. The Morgan fingerprint density at radius 2 is 0.641 bits per heavy atom. The lowest BCUT2D eigenvalue weighted by atomic mass is 10.2. The minimum absolute atomic E-state index is 1.14.